The van der Waals surface area contributed by atoms with Crippen LogP contribution in [0.15, 0.2) is 52.1 Å². The van der Waals surface area contributed by atoms with E-state index in [0.717, 1.165) is 20.7 Å². The maximum Gasteiger partial charge on any atom is 0.234 e. The molecule has 5 heteroatoms. The number of carbonyl (C=O) groups is 1. The van der Waals surface area contributed by atoms with E-state index >= 15 is 0 Å². The highest BCUT2D eigenvalue weighted by molar-refractivity contribution is 9.10. The maximum atomic E-state index is 11.8. The van der Waals surface area contributed by atoms with Crippen molar-refractivity contribution in [1.29, 1.82) is 0 Å². The van der Waals surface area contributed by atoms with Gasteiger partial charge in [0.25, 0.3) is 0 Å². The fourth-order valence-electron chi connectivity index (χ4n) is 1.43. The van der Waals surface area contributed by atoms with Gasteiger partial charge < -0.3 is 5.32 Å². The van der Waals surface area contributed by atoms with E-state index in [1.165, 1.54) is 11.8 Å². The van der Waals surface area contributed by atoms with Crippen LogP contribution in [0.1, 0.15) is 5.56 Å². The van der Waals surface area contributed by atoms with Gasteiger partial charge in [0.1, 0.15) is 0 Å². The molecule has 1 N–H and O–H groups in total. The number of para-hydroxylation sites is 1. The Morgan fingerprint density at radius 2 is 2.11 bits per heavy atom. The number of nitrogens with one attached hydrogen (secondary N) is 1. The Labute approximate surface area is 125 Å². The minimum atomic E-state index is -0.0423. The Balaban J connectivity index is 1.88. The summed E-state index contributed by atoms with van der Waals surface area (Å²) in [5.74, 6) is 0.302. The van der Waals surface area contributed by atoms with Crippen LogP contribution in [0.2, 0.25) is 0 Å². The molecule has 1 aromatic heterocycles. The molecule has 0 atom stereocenters. The molecule has 3 nitrogen and oxygen atoms in total. The predicted octanol–water partition coefficient (Wildman–Crippen LogP) is 3.88. The van der Waals surface area contributed by atoms with Gasteiger partial charge in [-0.05, 0) is 46.6 Å². The second-order valence-electron chi connectivity index (χ2n) is 3.99. The zero-order chi connectivity index (χ0) is 13.7. The van der Waals surface area contributed by atoms with E-state index in [2.05, 4.69) is 26.2 Å². The standard InChI is InChI=1S/C14H13BrN2OS/c1-10-6-7-14(16-8-10)19-9-13(18)17-12-5-3-2-4-11(12)15/h2-8H,9H2,1H3,(H,17,18). The van der Waals surface area contributed by atoms with Gasteiger partial charge in [-0.3, -0.25) is 4.79 Å². The van der Waals surface area contributed by atoms with Crippen LogP contribution in [0.3, 0.4) is 0 Å². The third kappa shape index (κ3) is 4.36. The first-order valence-corrected chi connectivity index (χ1v) is 7.53. The molecule has 0 saturated heterocycles. The first-order valence-electron chi connectivity index (χ1n) is 5.75. The number of amides is 1. The van der Waals surface area contributed by atoms with Crippen LogP contribution in [-0.2, 0) is 4.79 Å². The van der Waals surface area contributed by atoms with Gasteiger partial charge in [-0.1, -0.05) is 30.0 Å². The second kappa shape index (κ2) is 6.73. The van der Waals surface area contributed by atoms with Crippen molar-refractivity contribution in [3.05, 3.63) is 52.6 Å². The summed E-state index contributed by atoms with van der Waals surface area (Å²) in [6, 6.07) is 11.5. The summed E-state index contributed by atoms with van der Waals surface area (Å²) in [6.07, 6.45) is 1.80. The smallest absolute Gasteiger partial charge is 0.234 e. The number of carbonyl (C=O) groups excluding carboxylic acids is 1. The van der Waals surface area contributed by atoms with Gasteiger partial charge in [-0.15, -0.1) is 0 Å². The number of halogens is 1. The number of anilines is 1. The Hall–Kier alpha value is -1.33. The highest BCUT2D eigenvalue weighted by atomic mass is 79.9. The number of benzene rings is 1. The second-order valence-corrected chi connectivity index (χ2v) is 5.84. The summed E-state index contributed by atoms with van der Waals surface area (Å²) in [5, 5.41) is 3.71. The lowest BCUT2D eigenvalue weighted by Crippen LogP contribution is -2.14. The van der Waals surface area contributed by atoms with Gasteiger partial charge in [0.2, 0.25) is 5.91 Å². The summed E-state index contributed by atoms with van der Waals surface area (Å²) in [6.45, 7) is 1.99. The molecule has 0 bridgehead atoms. The molecule has 0 fully saturated rings. The van der Waals surface area contributed by atoms with Crippen molar-refractivity contribution < 1.29 is 4.79 Å². The van der Waals surface area contributed by atoms with Crippen molar-refractivity contribution in [3.8, 4) is 0 Å². The number of hydrogen-bond acceptors (Lipinski definition) is 3. The molecular formula is C14H13BrN2OS. The van der Waals surface area contributed by atoms with Crippen molar-refractivity contribution in [3.63, 3.8) is 0 Å². The van der Waals surface area contributed by atoms with Crippen molar-refractivity contribution in [2.24, 2.45) is 0 Å². The Kier molecular flexibility index (Phi) is 4.99. The normalized spacial score (nSPS) is 10.2. The minimum absolute atomic E-state index is 0.0423. The molecule has 1 amide bonds. The average molecular weight is 337 g/mol. The third-order valence-corrected chi connectivity index (χ3v) is 4.02. The summed E-state index contributed by atoms with van der Waals surface area (Å²) in [7, 11) is 0. The van der Waals surface area contributed by atoms with Crippen LogP contribution in [-0.4, -0.2) is 16.6 Å². The van der Waals surface area contributed by atoms with E-state index in [1.807, 2.05) is 43.3 Å². The van der Waals surface area contributed by atoms with E-state index < -0.39 is 0 Å². The highest BCUT2D eigenvalue weighted by Crippen LogP contribution is 2.22. The summed E-state index contributed by atoms with van der Waals surface area (Å²) >= 11 is 4.82. The fraction of sp³-hybridized carbons (Fsp3) is 0.143. The Morgan fingerprint density at radius 3 is 2.79 bits per heavy atom. The van der Waals surface area contributed by atoms with Crippen LogP contribution >= 0.6 is 27.7 Å². The Bertz CT molecular complexity index is 572. The van der Waals surface area contributed by atoms with Gasteiger partial charge in [0, 0.05) is 10.7 Å². The molecule has 98 valence electrons. The largest absolute Gasteiger partial charge is 0.324 e. The van der Waals surface area contributed by atoms with Gasteiger partial charge >= 0.3 is 0 Å². The van der Waals surface area contributed by atoms with Crippen LogP contribution in [0, 0.1) is 6.92 Å². The minimum Gasteiger partial charge on any atom is -0.324 e. The molecule has 0 spiro atoms. The molecule has 2 rings (SSSR count). The highest BCUT2D eigenvalue weighted by Gasteiger charge is 2.06. The van der Waals surface area contributed by atoms with E-state index in [1.54, 1.807) is 6.20 Å². The van der Waals surface area contributed by atoms with Crippen molar-refractivity contribution in [2.75, 3.05) is 11.1 Å². The molecule has 1 aromatic carbocycles. The third-order valence-electron chi connectivity index (χ3n) is 2.38. The molecule has 0 aliphatic heterocycles. The zero-order valence-corrected chi connectivity index (χ0v) is 12.8. The molecule has 0 saturated carbocycles. The monoisotopic (exact) mass is 336 g/mol. The fourth-order valence-corrected chi connectivity index (χ4v) is 2.45. The molecule has 0 aliphatic rings. The topological polar surface area (TPSA) is 42.0 Å². The molecule has 0 radical (unpaired) electrons. The molecule has 2 aromatic rings. The summed E-state index contributed by atoms with van der Waals surface area (Å²) < 4.78 is 0.877. The molecule has 19 heavy (non-hydrogen) atoms. The van der Waals surface area contributed by atoms with Crippen LogP contribution in [0.25, 0.3) is 0 Å². The summed E-state index contributed by atoms with van der Waals surface area (Å²) in [4.78, 5) is 16.1. The van der Waals surface area contributed by atoms with Gasteiger partial charge in [-0.2, -0.15) is 0 Å². The number of rotatable bonds is 4. The lowest BCUT2D eigenvalue weighted by molar-refractivity contribution is -0.113. The molecule has 1 heterocycles. The first-order chi connectivity index (χ1) is 9.15. The number of aromatic nitrogens is 1. The van der Waals surface area contributed by atoms with Crippen molar-refractivity contribution in [1.82, 2.24) is 4.98 Å². The zero-order valence-electron chi connectivity index (χ0n) is 10.4. The maximum absolute atomic E-state index is 11.8. The van der Waals surface area contributed by atoms with E-state index in [0.29, 0.717) is 5.75 Å². The average Bonchev–Trinajstić information content (AvgIpc) is 2.41. The summed E-state index contributed by atoms with van der Waals surface area (Å²) in [5.41, 5.74) is 1.90. The van der Waals surface area contributed by atoms with E-state index in [4.69, 9.17) is 0 Å². The van der Waals surface area contributed by atoms with Crippen LogP contribution < -0.4 is 5.32 Å². The Morgan fingerprint density at radius 1 is 1.32 bits per heavy atom. The van der Waals surface area contributed by atoms with E-state index in [9.17, 15) is 4.79 Å². The first kappa shape index (κ1) is 14.1. The van der Waals surface area contributed by atoms with Crippen molar-refractivity contribution >= 4 is 39.3 Å². The number of aryl methyl sites for hydroxylation is 1. The SMILES string of the molecule is Cc1ccc(SCC(=O)Nc2ccccc2Br)nc1. The number of thioether (sulfide) groups is 1. The van der Waals surface area contributed by atoms with Gasteiger partial charge in [-0.25, -0.2) is 4.98 Å². The predicted molar refractivity (Wildman–Crippen MR) is 82.5 cm³/mol. The number of pyridine rings is 1. The molecule has 0 aliphatic carbocycles. The van der Waals surface area contributed by atoms with Crippen LogP contribution in [0.5, 0.6) is 0 Å². The van der Waals surface area contributed by atoms with Crippen molar-refractivity contribution in [2.45, 2.75) is 11.9 Å². The molecule has 0 unspecified atom stereocenters. The molecular weight excluding hydrogens is 324 g/mol. The lowest BCUT2D eigenvalue weighted by Gasteiger charge is -2.06. The number of hydrogen-bond donors (Lipinski definition) is 1. The van der Waals surface area contributed by atoms with Gasteiger partial charge in [0.05, 0.1) is 16.5 Å². The quantitative estimate of drug-likeness (QED) is 0.861. The number of nitrogens with zero attached hydrogens (tertiary/aromatic N) is 1. The van der Waals surface area contributed by atoms with Gasteiger partial charge in [0.15, 0.2) is 0 Å². The van der Waals surface area contributed by atoms with Crippen LogP contribution in [0.4, 0.5) is 5.69 Å². The lowest BCUT2D eigenvalue weighted by atomic mass is 10.3. The van der Waals surface area contributed by atoms with E-state index in [-0.39, 0.29) is 5.91 Å².